The topological polar surface area (TPSA) is 75.3 Å². The molecule has 0 radical (unpaired) electrons. The van der Waals surface area contributed by atoms with Gasteiger partial charge in [0, 0.05) is 6.07 Å². The molecule has 1 amide bonds. The van der Waals surface area contributed by atoms with E-state index in [1.807, 2.05) is 0 Å². The lowest BCUT2D eigenvalue weighted by Crippen LogP contribution is -2.17. The van der Waals surface area contributed by atoms with Crippen molar-refractivity contribution in [3.63, 3.8) is 0 Å². The lowest BCUT2D eigenvalue weighted by atomic mass is 10.2. The van der Waals surface area contributed by atoms with Gasteiger partial charge in [0.25, 0.3) is 0 Å². The normalized spacial score (nSPS) is 9.92. The van der Waals surface area contributed by atoms with Crippen molar-refractivity contribution in [2.75, 3.05) is 33.4 Å². The van der Waals surface area contributed by atoms with Crippen molar-refractivity contribution >= 4 is 23.4 Å². The Morgan fingerprint density at radius 2 is 1.60 bits per heavy atom. The van der Waals surface area contributed by atoms with Gasteiger partial charge in [0.15, 0.2) is 0 Å². The van der Waals surface area contributed by atoms with E-state index in [-0.39, 0.29) is 6.79 Å². The van der Waals surface area contributed by atoms with E-state index in [4.69, 9.17) is 35.3 Å². The molecule has 0 heterocycles. The van der Waals surface area contributed by atoms with Crippen LogP contribution in [0.1, 0.15) is 0 Å². The monoisotopic (exact) mass is 367 g/mol. The van der Waals surface area contributed by atoms with E-state index in [0.29, 0.717) is 33.7 Å². The quantitative estimate of drug-likeness (QED) is 0.747. The molecule has 2 rings (SSSR count). The highest BCUT2D eigenvalue weighted by Gasteiger charge is 2.13. The van der Waals surface area contributed by atoms with Gasteiger partial charge in [-0.05, 0) is 30.3 Å². The van der Waals surface area contributed by atoms with Crippen molar-refractivity contribution in [1.29, 1.82) is 0 Å². The summed E-state index contributed by atoms with van der Waals surface area (Å²) in [4.78, 5) is 11.9. The first-order valence-corrected chi connectivity index (χ1v) is 7.57. The number of halogens is 1. The molecule has 0 unspecified atom stereocenters. The van der Waals surface area contributed by atoms with Crippen LogP contribution in [0.25, 0.3) is 0 Å². The van der Waals surface area contributed by atoms with Crippen molar-refractivity contribution in [3.05, 3.63) is 41.4 Å². The second kappa shape index (κ2) is 8.89. The summed E-state index contributed by atoms with van der Waals surface area (Å²) in [6.07, 6.45) is -0.715. The molecule has 0 aliphatic heterocycles. The predicted octanol–water partition coefficient (Wildman–Crippen LogP) is 3.95. The zero-order chi connectivity index (χ0) is 18.2. The summed E-state index contributed by atoms with van der Waals surface area (Å²) in [6, 6.07) is 9.94. The van der Waals surface area contributed by atoms with E-state index in [1.54, 1.807) is 37.4 Å². The summed E-state index contributed by atoms with van der Waals surface area (Å²) < 4.78 is 25.6. The summed E-state index contributed by atoms with van der Waals surface area (Å²) in [7, 11) is 4.52. The maximum atomic E-state index is 11.9. The highest BCUT2D eigenvalue weighted by molar-refractivity contribution is 6.32. The zero-order valence-electron chi connectivity index (χ0n) is 14.0. The van der Waals surface area contributed by atoms with Crippen LogP contribution in [0.3, 0.4) is 0 Å². The molecule has 134 valence electrons. The van der Waals surface area contributed by atoms with E-state index in [9.17, 15) is 4.79 Å². The van der Waals surface area contributed by atoms with Crippen LogP contribution in [0.4, 0.5) is 10.5 Å². The maximum absolute atomic E-state index is 11.9. The third-order valence-corrected chi connectivity index (χ3v) is 3.48. The summed E-state index contributed by atoms with van der Waals surface area (Å²) in [5.41, 5.74) is 0.350. The fourth-order valence-corrected chi connectivity index (χ4v) is 2.17. The fraction of sp³-hybridized carbons (Fsp3) is 0.235. The van der Waals surface area contributed by atoms with Gasteiger partial charge in [-0.2, -0.15) is 0 Å². The van der Waals surface area contributed by atoms with Gasteiger partial charge >= 0.3 is 6.09 Å². The van der Waals surface area contributed by atoms with Crippen LogP contribution in [0.15, 0.2) is 36.4 Å². The molecule has 8 heteroatoms. The van der Waals surface area contributed by atoms with Gasteiger partial charge in [0.2, 0.25) is 6.79 Å². The number of rotatable bonds is 7. The van der Waals surface area contributed by atoms with Crippen LogP contribution in [0.2, 0.25) is 5.02 Å². The molecule has 0 spiro atoms. The Bertz CT molecular complexity index is 720. The average molecular weight is 368 g/mol. The molecular weight excluding hydrogens is 350 g/mol. The minimum absolute atomic E-state index is 0.260. The highest BCUT2D eigenvalue weighted by Crippen LogP contribution is 2.35. The lowest BCUT2D eigenvalue weighted by molar-refractivity contribution is 0.0686. The number of carbonyl (C=O) groups is 1. The standard InChI is InChI=1S/C17H18ClNO6/c1-21-11-4-6-12(7-5-11)24-10-25-17(20)19-14-8-13(18)15(22-2)9-16(14)23-3/h4-9H,10H2,1-3H3,(H,19,20). The minimum Gasteiger partial charge on any atom is -0.497 e. The third-order valence-electron chi connectivity index (χ3n) is 3.19. The number of ether oxygens (including phenoxy) is 5. The number of benzene rings is 2. The number of methoxy groups -OCH3 is 3. The van der Waals surface area contributed by atoms with Gasteiger partial charge in [-0.3, -0.25) is 5.32 Å². The number of anilines is 1. The molecule has 0 saturated carbocycles. The number of amides is 1. The molecule has 2 aromatic carbocycles. The van der Waals surface area contributed by atoms with Crippen molar-refractivity contribution in [2.45, 2.75) is 0 Å². The molecule has 7 nitrogen and oxygen atoms in total. The second-order valence-corrected chi connectivity index (χ2v) is 5.09. The summed E-state index contributed by atoms with van der Waals surface area (Å²) >= 11 is 6.04. The van der Waals surface area contributed by atoms with Gasteiger partial charge in [0.1, 0.15) is 23.0 Å². The Balaban J connectivity index is 1.90. The number of hydrogen-bond acceptors (Lipinski definition) is 6. The van der Waals surface area contributed by atoms with Crippen molar-refractivity contribution < 1.29 is 28.5 Å². The molecule has 0 bridgehead atoms. The Morgan fingerprint density at radius 3 is 2.20 bits per heavy atom. The van der Waals surface area contributed by atoms with Crippen LogP contribution in [-0.2, 0) is 4.74 Å². The first kappa shape index (κ1) is 18.5. The summed E-state index contributed by atoms with van der Waals surface area (Å²) in [5.74, 6) is 2.06. The van der Waals surface area contributed by atoms with Gasteiger partial charge in [0.05, 0.1) is 32.0 Å². The van der Waals surface area contributed by atoms with Crippen LogP contribution in [0, 0.1) is 0 Å². The molecule has 0 saturated heterocycles. The number of carbonyl (C=O) groups excluding carboxylic acids is 1. The SMILES string of the molecule is COc1ccc(OCOC(=O)Nc2cc(Cl)c(OC)cc2OC)cc1. The van der Waals surface area contributed by atoms with Crippen molar-refractivity contribution in [2.24, 2.45) is 0 Å². The third kappa shape index (κ3) is 5.09. The molecule has 0 aromatic heterocycles. The smallest absolute Gasteiger partial charge is 0.414 e. The summed E-state index contributed by atoms with van der Waals surface area (Å²) in [6.45, 7) is -0.260. The maximum Gasteiger partial charge on any atom is 0.414 e. The number of hydrogen-bond donors (Lipinski definition) is 1. The van der Waals surface area contributed by atoms with E-state index in [2.05, 4.69) is 5.32 Å². The Labute approximate surface area is 150 Å². The molecule has 0 aliphatic rings. The van der Waals surface area contributed by atoms with Gasteiger partial charge in [-0.25, -0.2) is 4.79 Å². The van der Waals surface area contributed by atoms with Gasteiger partial charge in [-0.1, -0.05) is 11.6 Å². The van der Waals surface area contributed by atoms with Crippen LogP contribution < -0.4 is 24.3 Å². The first-order valence-electron chi connectivity index (χ1n) is 7.19. The van der Waals surface area contributed by atoms with E-state index < -0.39 is 6.09 Å². The van der Waals surface area contributed by atoms with Gasteiger partial charge in [-0.15, -0.1) is 0 Å². The largest absolute Gasteiger partial charge is 0.497 e. The lowest BCUT2D eigenvalue weighted by Gasteiger charge is -2.13. The average Bonchev–Trinajstić information content (AvgIpc) is 2.62. The molecule has 0 atom stereocenters. The minimum atomic E-state index is -0.715. The molecule has 25 heavy (non-hydrogen) atoms. The van der Waals surface area contributed by atoms with Crippen molar-refractivity contribution in [1.82, 2.24) is 0 Å². The molecule has 2 aromatic rings. The summed E-state index contributed by atoms with van der Waals surface area (Å²) in [5, 5.41) is 2.86. The zero-order valence-corrected chi connectivity index (χ0v) is 14.8. The number of nitrogens with one attached hydrogen (secondary N) is 1. The second-order valence-electron chi connectivity index (χ2n) is 4.68. The fourth-order valence-electron chi connectivity index (χ4n) is 1.93. The Hall–Kier alpha value is -2.80. The highest BCUT2D eigenvalue weighted by atomic mass is 35.5. The Morgan fingerprint density at radius 1 is 0.960 bits per heavy atom. The van der Waals surface area contributed by atoms with E-state index in [0.717, 1.165) is 0 Å². The van der Waals surface area contributed by atoms with Crippen LogP contribution in [0.5, 0.6) is 23.0 Å². The predicted molar refractivity (Wildman–Crippen MR) is 93.1 cm³/mol. The van der Waals surface area contributed by atoms with Crippen molar-refractivity contribution in [3.8, 4) is 23.0 Å². The molecule has 0 fully saturated rings. The molecular formula is C17H18ClNO6. The van der Waals surface area contributed by atoms with Crippen LogP contribution in [-0.4, -0.2) is 34.2 Å². The van der Waals surface area contributed by atoms with E-state index in [1.165, 1.54) is 20.3 Å². The first-order chi connectivity index (χ1) is 12.1. The van der Waals surface area contributed by atoms with Gasteiger partial charge < -0.3 is 23.7 Å². The van der Waals surface area contributed by atoms with Crippen LogP contribution >= 0.6 is 11.6 Å². The molecule has 0 aliphatic carbocycles. The Kier molecular flexibility index (Phi) is 6.59. The van der Waals surface area contributed by atoms with E-state index >= 15 is 0 Å². The molecule has 1 N–H and O–H groups in total.